The maximum Gasteiger partial charge on any atom is 0.244 e. The van der Waals surface area contributed by atoms with Crippen LogP contribution in [0.5, 0.6) is 0 Å². The van der Waals surface area contributed by atoms with Crippen LogP contribution in [-0.2, 0) is 6.42 Å². The Morgan fingerprint density at radius 2 is 1.96 bits per heavy atom. The molecule has 0 saturated carbocycles. The number of halogens is 2. The van der Waals surface area contributed by atoms with Gasteiger partial charge in [0.1, 0.15) is 5.82 Å². The molecule has 0 saturated heterocycles. The second-order valence-corrected chi connectivity index (χ2v) is 5.51. The van der Waals surface area contributed by atoms with Crippen LogP contribution in [0.15, 0.2) is 54.7 Å². The molecule has 1 heterocycles. The maximum absolute atomic E-state index is 13.6. The molecule has 0 atom stereocenters. The Bertz CT molecular complexity index is 827. The van der Waals surface area contributed by atoms with E-state index in [4.69, 9.17) is 11.6 Å². The topological polar surface area (TPSA) is 62.7 Å². The smallest absolute Gasteiger partial charge is 0.244 e. The van der Waals surface area contributed by atoms with E-state index in [0.29, 0.717) is 29.0 Å². The first-order valence-corrected chi connectivity index (χ1v) is 7.78. The molecule has 3 aromatic rings. The molecule has 0 spiro atoms. The lowest BCUT2D eigenvalue weighted by molar-refractivity contribution is 0.631. The van der Waals surface area contributed by atoms with Crippen LogP contribution in [0.2, 0.25) is 5.02 Å². The van der Waals surface area contributed by atoms with E-state index >= 15 is 0 Å². The predicted octanol–water partition coefficient (Wildman–Crippen LogP) is 4.06. The minimum Gasteiger partial charge on any atom is -0.353 e. The zero-order chi connectivity index (χ0) is 16.8. The zero-order valence-corrected chi connectivity index (χ0v) is 13.5. The number of anilines is 3. The minimum atomic E-state index is -0.355. The van der Waals surface area contributed by atoms with Gasteiger partial charge >= 0.3 is 0 Å². The average molecular weight is 344 g/mol. The first kappa shape index (κ1) is 16.1. The minimum absolute atomic E-state index is 0.336. The monoisotopic (exact) mass is 343 g/mol. The molecule has 0 fully saturated rings. The molecule has 122 valence electrons. The van der Waals surface area contributed by atoms with E-state index in [-0.39, 0.29) is 5.82 Å². The van der Waals surface area contributed by atoms with E-state index in [1.54, 1.807) is 18.2 Å². The number of nitrogens with zero attached hydrogens (tertiary/aromatic N) is 3. The van der Waals surface area contributed by atoms with Crippen molar-refractivity contribution in [2.24, 2.45) is 0 Å². The Kier molecular flexibility index (Phi) is 5.18. The molecule has 0 aliphatic rings. The third-order valence-corrected chi connectivity index (χ3v) is 3.52. The molecular weight excluding hydrogens is 329 g/mol. The maximum atomic E-state index is 13.6. The number of para-hydroxylation sites is 1. The molecule has 2 aromatic carbocycles. The van der Waals surface area contributed by atoms with Crippen molar-refractivity contribution >= 4 is 29.1 Å². The standard InChI is InChI=1S/C17H15ClFN5/c18-13-5-3-4-12(10-13)8-9-20-17-23-16(11-21-24-17)22-15-7-2-1-6-14(15)19/h1-7,10-11H,8-9H2,(H2,20,22,23,24). The molecule has 0 aliphatic carbocycles. The molecule has 0 aliphatic heterocycles. The highest BCUT2D eigenvalue weighted by molar-refractivity contribution is 6.30. The van der Waals surface area contributed by atoms with Crippen LogP contribution >= 0.6 is 11.6 Å². The fourth-order valence-corrected chi connectivity index (χ4v) is 2.36. The van der Waals surface area contributed by atoms with Gasteiger partial charge in [-0.1, -0.05) is 35.9 Å². The number of nitrogens with one attached hydrogen (secondary N) is 2. The molecular formula is C17H15ClFN5. The Morgan fingerprint density at radius 1 is 1.08 bits per heavy atom. The van der Waals surface area contributed by atoms with E-state index in [9.17, 15) is 4.39 Å². The summed E-state index contributed by atoms with van der Waals surface area (Å²) in [5.74, 6) is 0.435. The van der Waals surface area contributed by atoms with Gasteiger partial charge in [-0.2, -0.15) is 10.1 Å². The first-order valence-electron chi connectivity index (χ1n) is 7.40. The summed E-state index contributed by atoms with van der Waals surface area (Å²) in [6.07, 6.45) is 2.21. The van der Waals surface area contributed by atoms with Crippen molar-refractivity contribution < 1.29 is 4.39 Å². The van der Waals surface area contributed by atoms with Crippen molar-refractivity contribution in [2.45, 2.75) is 6.42 Å². The van der Waals surface area contributed by atoms with Crippen LogP contribution in [-0.4, -0.2) is 21.7 Å². The second-order valence-electron chi connectivity index (χ2n) is 5.08. The van der Waals surface area contributed by atoms with Gasteiger partial charge in [-0.05, 0) is 36.2 Å². The van der Waals surface area contributed by atoms with Crippen LogP contribution in [0.4, 0.5) is 21.8 Å². The summed E-state index contributed by atoms with van der Waals surface area (Å²) >= 11 is 5.96. The van der Waals surface area contributed by atoms with E-state index < -0.39 is 0 Å². The van der Waals surface area contributed by atoms with Gasteiger partial charge in [-0.3, -0.25) is 0 Å². The second kappa shape index (κ2) is 7.70. The van der Waals surface area contributed by atoms with Crippen LogP contribution in [0.25, 0.3) is 0 Å². The Balaban J connectivity index is 1.60. The lowest BCUT2D eigenvalue weighted by Crippen LogP contribution is -2.09. The quantitative estimate of drug-likeness (QED) is 0.706. The van der Waals surface area contributed by atoms with Crippen molar-refractivity contribution in [2.75, 3.05) is 17.2 Å². The van der Waals surface area contributed by atoms with Gasteiger partial charge in [-0.15, -0.1) is 5.10 Å². The van der Waals surface area contributed by atoms with E-state index in [1.807, 2.05) is 24.3 Å². The molecule has 0 bridgehead atoms. The van der Waals surface area contributed by atoms with Crippen LogP contribution in [0, 0.1) is 5.82 Å². The highest BCUT2D eigenvalue weighted by Gasteiger charge is 2.04. The molecule has 0 unspecified atom stereocenters. The molecule has 5 nitrogen and oxygen atoms in total. The van der Waals surface area contributed by atoms with Gasteiger partial charge in [0.15, 0.2) is 5.82 Å². The summed E-state index contributed by atoms with van der Waals surface area (Å²) in [4.78, 5) is 4.27. The van der Waals surface area contributed by atoms with Gasteiger partial charge in [0, 0.05) is 11.6 Å². The molecule has 1 aromatic heterocycles. The number of rotatable bonds is 6. The SMILES string of the molecule is Fc1ccccc1Nc1cnnc(NCCc2cccc(Cl)c2)n1. The summed E-state index contributed by atoms with van der Waals surface area (Å²) in [5.41, 5.74) is 1.45. The summed E-state index contributed by atoms with van der Waals surface area (Å²) in [5, 5.41) is 14.5. The van der Waals surface area contributed by atoms with Crippen LogP contribution < -0.4 is 10.6 Å². The fourth-order valence-electron chi connectivity index (χ4n) is 2.15. The Labute approximate surface area is 143 Å². The normalized spacial score (nSPS) is 10.4. The highest BCUT2D eigenvalue weighted by Crippen LogP contribution is 2.17. The van der Waals surface area contributed by atoms with E-state index in [0.717, 1.165) is 12.0 Å². The molecule has 2 N–H and O–H groups in total. The third-order valence-electron chi connectivity index (χ3n) is 3.28. The van der Waals surface area contributed by atoms with Crippen molar-refractivity contribution in [1.82, 2.24) is 15.2 Å². The fraction of sp³-hybridized carbons (Fsp3) is 0.118. The molecule has 24 heavy (non-hydrogen) atoms. The molecule has 7 heteroatoms. The summed E-state index contributed by atoms with van der Waals surface area (Å²) in [7, 11) is 0. The molecule has 3 rings (SSSR count). The lowest BCUT2D eigenvalue weighted by Gasteiger charge is -2.08. The van der Waals surface area contributed by atoms with E-state index in [1.165, 1.54) is 12.3 Å². The van der Waals surface area contributed by atoms with Crippen LogP contribution in [0.3, 0.4) is 0 Å². The average Bonchev–Trinajstić information content (AvgIpc) is 2.58. The molecule has 0 amide bonds. The summed E-state index contributed by atoms with van der Waals surface area (Å²) in [6, 6.07) is 14.0. The zero-order valence-electron chi connectivity index (χ0n) is 12.7. The van der Waals surface area contributed by atoms with Crippen molar-refractivity contribution in [1.29, 1.82) is 0 Å². The van der Waals surface area contributed by atoms with Crippen LogP contribution in [0.1, 0.15) is 5.56 Å². The van der Waals surface area contributed by atoms with E-state index in [2.05, 4.69) is 25.8 Å². The van der Waals surface area contributed by atoms with Gasteiger partial charge < -0.3 is 10.6 Å². The lowest BCUT2D eigenvalue weighted by atomic mass is 10.1. The summed E-state index contributed by atoms with van der Waals surface area (Å²) < 4.78 is 13.6. The largest absolute Gasteiger partial charge is 0.353 e. The third kappa shape index (κ3) is 4.39. The van der Waals surface area contributed by atoms with Gasteiger partial charge in [0.05, 0.1) is 11.9 Å². The molecule has 0 radical (unpaired) electrons. The number of hydrogen-bond acceptors (Lipinski definition) is 5. The van der Waals surface area contributed by atoms with Crippen molar-refractivity contribution in [3.63, 3.8) is 0 Å². The first-order chi connectivity index (χ1) is 11.7. The number of hydrogen-bond donors (Lipinski definition) is 2. The predicted molar refractivity (Wildman–Crippen MR) is 93.2 cm³/mol. The van der Waals surface area contributed by atoms with Crippen molar-refractivity contribution in [3.8, 4) is 0 Å². The number of aromatic nitrogens is 3. The van der Waals surface area contributed by atoms with Gasteiger partial charge in [0.2, 0.25) is 5.95 Å². The summed E-state index contributed by atoms with van der Waals surface area (Å²) in [6.45, 7) is 0.630. The van der Waals surface area contributed by atoms with Gasteiger partial charge in [0.25, 0.3) is 0 Å². The van der Waals surface area contributed by atoms with Crippen molar-refractivity contribution in [3.05, 3.63) is 71.1 Å². The highest BCUT2D eigenvalue weighted by atomic mass is 35.5. The Morgan fingerprint density at radius 3 is 2.79 bits per heavy atom. The number of benzene rings is 2. The Hall–Kier alpha value is -2.73. The van der Waals surface area contributed by atoms with Gasteiger partial charge in [-0.25, -0.2) is 4.39 Å².